The number of aliphatic imine (C=N–C) groups is 1. The number of pyridine rings is 1. The number of nitrogens with one attached hydrogen (secondary N) is 1. The Kier molecular flexibility index (Phi) is 4.73. The third-order valence-electron chi connectivity index (χ3n) is 5.24. The van der Waals surface area contributed by atoms with Gasteiger partial charge in [0.15, 0.2) is 0 Å². The number of nitrogens with zero attached hydrogens (tertiary/aromatic N) is 5. The number of carbonyl (C=O) groups excluding carboxylic acids is 1. The number of carbonyl (C=O) groups is 1. The number of hydrogen-bond donors (Lipinski definition) is 3. The van der Waals surface area contributed by atoms with E-state index in [1.807, 2.05) is 11.0 Å². The number of aromatic nitrogens is 1. The zero-order chi connectivity index (χ0) is 19.0. The second-order valence-corrected chi connectivity index (χ2v) is 7.37. The molecule has 1 saturated carbocycles. The first-order chi connectivity index (χ1) is 13.0. The molecular weight excluding hydrogens is 343 g/mol. The maximum absolute atomic E-state index is 12.6. The summed E-state index contributed by atoms with van der Waals surface area (Å²) < 4.78 is 0. The monoisotopic (exact) mass is 367 g/mol. The molecule has 1 aromatic heterocycles. The number of fused-ring (bicyclic) bond motifs is 1. The summed E-state index contributed by atoms with van der Waals surface area (Å²) in [5.41, 5.74) is 2.62. The van der Waals surface area contributed by atoms with Crippen LogP contribution in [0.4, 0.5) is 5.82 Å². The zero-order valence-corrected chi connectivity index (χ0v) is 15.4. The minimum Gasteiger partial charge on any atom is -0.349 e. The zero-order valence-electron chi connectivity index (χ0n) is 15.4. The van der Waals surface area contributed by atoms with Crippen LogP contribution in [0.25, 0.3) is 0 Å². The molecule has 1 radical (unpaired) electrons. The Bertz CT molecular complexity index is 796. The van der Waals surface area contributed by atoms with Gasteiger partial charge in [-0.2, -0.15) is 0 Å². The van der Waals surface area contributed by atoms with Gasteiger partial charge in [-0.15, -0.1) is 5.10 Å². The number of likely N-dealkylation sites (tertiary alicyclic amines) is 1. The van der Waals surface area contributed by atoms with Crippen molar-refractivity contribution in [2.24, 2.45) is 27.7 Å². The molecule has 0 atom stereocenters. The summed E-state index contributed by atoms with van der Waals surface area (Å²) in [5, 5.41) is 8.25. The number of rotatable bonds is 3. The summed E-state index contributed by atoms with van der Waals surface area (Å²) in [5.74, 6) is 12.9. The molecular formula is C17H24BN8O. The molecule has 0 unspecified atom stereocenters. The van der Waals surface area contributed by atoms with Crippen LogP contribution < -0.4 is 22.5 Å². The minimum absolute atomic E-state index is 0.0966. The molecule has 10 heteroatoms. The normalized spacial score (nSPS) is 20.0. The van der Waals surface area contributed by atoms with Gasteiger partial charge in [0.25, 0.3) is 5.91 Å². The van der Waals surface area contributed by atoms with Gasteiger partial charge < -0.3 is 16.1 Å². The van der Waals surface area contributed by atoms with Gasteiger partial charge >= 0.3 is 0 Å². The number of nitrogens with two attached hydrogens (primary N) is 2. The van der Waals surface area contributed by atoms with E-state index in [9.17, 15) is 4.79 Å². The van der Waals surface area contributed by atoms with Gasteiger partial charge in [0, 0.05) is 32.4 Å². The van der Waals surface area contributed by atoms with Crippen LogP contribution in [-0.2, 0) is 0 Å². The molecule has 3 aliphatic rings. The van der Waals surface area contributed by atoms with E-state index in [0.717, 1.165) is 42.8 Å². The van der Waals surface area contributed by atoms with Crippen LogP contribution in [0.1, 0.15) is 36.0 Å². The molecule has 2 aliphatic heterocycles. The average molecular weight is 367 g/mol. The maximum atomic E-state index is 12.6. The van der Waals surface area contributed by atoms with Crippen LogP contribution in [0.2, 0.25) is 0 Å². The number of amides is 1. The van der Waals surface area contributed by atoms with Gasteiger partial charge in [-0.05, 0) is 48.7 Å². The minimum atomic E-state index is -0.0966. The van der Waals surface area contributed by atoms with Crippen molar-refractivity contribution in [3.63, 3.8) is 0 Å². The lowest BCUT2D eigenvalue weighted by atomic mass is 9.66. The Labute approximate surface area is 159 Å². The maximum Gasteiger partial charge on any atom is 0.253 e. The third kappa shape index (κ3) is 3.75. The van der Waals surface area contributed by atoms with E-state index in [0.29, 0.717) is 17.4 Å². The molecule has 27 heavy (non-hydrogen) atoms. The van der Waals surface area contributed by atoms with E-state index < -0.39 is 0 Å². The SMILES string of the molecule is CN(N)/C(=N\N)N1CCC(NC(=O)c2cnc3c(c2)[B]C(C2CC2)=N3)CC1. The number of piperidine rings is 1. The summed E-state index contributed by atoms with van der Waals surface area (Å²) in [6.07, 6.45) is 5.62. The topological polar surface area (TPSA) is 125 Å². The standard InChI is InChI=1S/C17H24BN8O/c1-25(20)17(24-19)26-6-4-12(5-7-26)22-16(27)11-8-13-15(21-9-11)23-14(18-13)10-2-3-10/h8-10,12H,2-7,19-20H2,1H3,(H,22,27)/b24-17+. The Morgan fingerprint density at radius 1 is 1.37 bits per heavy atom. The number of hydrazine groups is 1. The van der Waals surface area contributed by atoms with Crippen molar-refractivity contribution in [2.45, 2.75) is 31.7 Å². The van der Waals surface area contributed by atoms with Crippen LogP contribution in [0, 0.1) is 5.92 Å². The highest BCUT2D eigenvalue weighted by atomic mass is 16.1. The van der Waals surface area contributed by atoms with Crippen molar-refractivity contribution >= 4 is 36.0 Å². The predicted molar refractivity (Wildman–Crippen MR) is 105 cm³/mol. The molecule has 1 amide bonds. The van der Waals surface area contributed by atoms with E-state index in [1.54, 1.807) is 13.2 Å². The fourth-order valence-corrected chi connectivity index (χ4v) is 3.59. The Hall–Kier alpha value is -2.62. The molecule has 2 fully saturated rings. The van der Waals surface area contributed by atoms with Crippen molar-refractivity contribution in [3.05, 3.63) is 17.8 Å². The lowest BCUT2D eigenvalue weighted by Gasteiger charge is -2.35. The van der Waals surface area contributed by atoms with E-state index >= 15 is 0 Å². The van der Waals surface area contributed by atoms with Crippen LogP contribution in [0.15, 0.2) is 22.4 Å². The highest BCUT2D eigenvalue weighted by Crippen LogP contribution is 2.33. The van der Waals surface area contributed by atoms with Gasteiger partial charge in [-0.25, -0.2) is 15.8 Å². The summed E-state index contributed by atoms with van der Waals surface area (Å²) in [6, 6.07) is 1.99. The van der Waals surface area contributed by atoms with Crippen LogP contribution in [0.5, 0.6) is 0 Å². The largest absolute Gasteiger partial charge is 0.349 e. The molecule has 9 nitrogen and oxygen atoms in total. The van der Waals surface area contributed by atoms with Crippen molar-refractivity contribution in [2.75, 3.05) is 20.1 Å². The fourth-order valence-electron chi connectivity index (χ4n) is 3.59. The summed E-state index contributed by atoms with van der Waals surface area (Å²) >= 11 is 0. The lowest BCUT2D eigenvalue weighted by Crippen LogP contribution is -2.52. The number of hydrazone groups is 1. The van der Waals surface area contributed by atoms with Gasteiger partial charge in [0.1, 0.15) is 5.82 Å². The highest BCUT2D eigenvalue weighted by Gasteiger charge is 2.32. The quantitative estimate of drug-likeness (QED) is 0.209. The molecule has 0 spiro atoms. The number of guanidine groups is 1. The highest BCUT2D eigenvalue weighted by molar-refractivity contribution is 6.88. The van der Waals surface area contributed by atoms with Crippen LogP contribution >= 0.6 is 0 Å². The Balaban J connectivity index is 1.33. The molecule has 1 saturated heterocycles. The smallest absolute Gasteiger partial charge is 0.253 e. The fraction of sp³-hybridized carbons (Fsp3) is 0.529. The average Bonchev–Trinajstić information content (AvgIpc) is 3.42. The van der Waals surface area contributed by atoms with Gasteiger partial charge in [-0.1, -0.05) is 0 Å². The molecule has 0 aromatic carbocycles. The second kappa shape index (κ2) is 7.18. The van der Waals surface area contributed by atoms with Gasteiger partial charge in [-0.3, -0.25) is 9.80 Å². The van der Waals surface area contributed by atoms with Crippen molar-refractivity contribution in [3.8, 4) is 0 Å². The predicted octanol–water partition coefficient (Wildman–Crippen LogP) is -0.906. The first-order valence-electron chi connectivity index (χ1n) is 9.30. The van der Waals surface area contributed by atoms with Crippen LogP contribution in [0.3, 0.4) is 0 Å². The first-order valence-corrected chi connectivity index (χ1v) is 9.30. The summed E-state index contributed by atoms with van der Waals surface area (Å²) in [7, 11) is 3.77. The third-order valence-corrected chi connectivity index (χ3v) is 5.24. The molecule has 1 aliphatic carbocycles. The van der Waals surface area contributed by atoms with Gasteiger partial charge in [0.2, 0.25) is 13.2 Å². The number of hydrogen-bond acceptors (Lipinski definition) is 6. The Morgan fingerprint density at radius 3 is 2.74 bits per heavy atom. The van der Waals surface area contributed by atoms with Crippen LogP contribution in [-0.4, -0.2) is 65.8 Å². The lowest BCUT2D eigenvalue weighted by molar-refractivity contribution is 0.0920. The second-order valence-electron chi connectivity index (χ2n) is 7.37. The van der Waals surface area contributed by atoms with E-state index in [-0.39, 0.29) is 11.9 Å². The first kappa shape index (κ1) is 17.8. The van der Waals surface area contributed by atoms with E-state index in [4.69, 9.17) is 11.7 Å². The molecule has 0 bridgehead atoms. The Morgan fingerprint density at radius 2 is 2.11 bits per heavy atom. The summed E-state index contributed by atoms with van der Waals surface area (Å²) in [4.78, 5) is 23.6. The van der Waals surface area contributed by atoms with Gasteiger partial charge in [0.05, 0.1) is 5.56 Å². The summed E-state index contributed by atoms with van der Waals surface area (Å²) in [6.45, 7) is 1.47. The van der Waals surface area contributed by atoms with Crippen molar-refractivity contribution < 1.29 is 4.79 Å². The molecule has 4 rings (SSSR count). The van der Waals surface area contributed by atoms with Crippen molar-refractivity contribution in [1.82, 2.24) is 20.2 Å². The molecule has 3 heterocycles. The van der Waals surface area contributed by atoms with Crippen molar-refractivity contribution in [1.29, 1.82) is 0 Å². The molecule has 1 aromatic rings. The van der Waals surface area contributed by atoms with E-state index in [2.05, 4.69) is 27.7 Å². The van der Waals surface area contributed by atoms with E-state index in [1.165, 1.54) is 17.9 Å². The molecule has 5 N–H and O–H groups in total. The molecule has 141 valence electrons.